The third-order valence-corrected chi connectivity index (χ3v) is 7.02. The first-order valence-electron chi connectivity index (χ1n) is 8.56. The number of rotatable bonds is 6. The van der Waals surface area contributed by atoms with Crippen LogP contribution in [0.3, 0.4) is 0 Å². The van der Waals surface area contributed by atoms with Crippen molar-refractivity contribution in [2.75, 3.05) is 18.1 Å². The number of hydrogen-bond acceptors (Lipinski definition) is 4. The minimum absolute atomic E-state index is 0.00263. The van der Waals surface area contributed by atoms with Gasteiger partial charge in [0.2, 0.25) is 0 Å². The van der Waals surface area contributed by atoms with Gasteiger partial charge < -0.3 is 5.32 Å². The molecule has 1 saturated carbocycles. The van der Waals surface area contributed by atoms with Crippen LogP contribution in [0.1, 0.15) is 36.4 Å². The van der Waals surface area contributed by atoms with Crippen LogP contribution in [0.15, 0.2) is 42.7 Å². The summed E-state index contributed by atoms with van der Waals surface area (Å²) >= 11 is 0. The second-order valence-electron chi connectivity index (χ2n) is 7.14. The molecule has 5 nitrogen and oxygen atoms in total. The van der Waals surface area contributed by atoms with Crippen LogP contribution >= 0.6 is 0 Å². The van der Waals surface area contributed by atoms with Crippen molar-refractivity contribution in [3.63, 3.8) is 0 Å². The summed E-state index contributed by atoms with van der Waals surface area (Å²) in [4.78, 5) is 0. The molecule has 0 bridgehead atoms. The molecule has 4 rings (SSSR count). The number of benzene rings is 1. The van der Waals surface area contributed by atoms with Crippen LogP contribution in [0.4, 0.5) is 0 Å². The number of hydrogen-bond donors (Lipinski definition) is 1. The molecule has 1 atom stereocenters. The molecule has 1 aromatic carbocycles. The Morgan fingerprint density at radius 2 is 2.04 bits per heavy atom. The third kappa shape index (κ3) is 3.26. The number of sulfone groups is 1. The third-order valence-electron chi connectivity index (χ3n) is 5.27. The Morgan fingerprint density at radius 3 is 2.71 bits per heavy atom. The molecule has 0 radical (unpaired) electrons. The van der Waals surface area contributed by atoms with Crippen molar-refractivity contribution in [3.05, 3.63) is 53.9 Å². The van der Waals surface area contributed by atoms with Crippen LogP contribution in [0.25, 0.3) is 0 Å². The molecular weight excluding hydrogens is 322 g/mol. The highest BCUT2D eigenvalue weighted by molar-refractivity contribution is 7.91. The van der Waals surface area contributed by atoms with Gasteiger partial charge in [-0.1, -0.05) is 30.3 Å². The fourth-order valence-corrected chi connectivity index (χ4v) is 5.31. The molecule has 1 aromatic heterocycles. The molecule has 1 N–H and O–H groups in total. The summed E-state index contributed by atoms with van der Waals surface area (Å²) in [5, 5.41) is 7.92. The summed E-state index contributed by atoms with van der Waals surface area (Å²) in [6.45, 7) is 1.74. The molecule has 2 heterocycles. The Kier molecular flexibility index (Phi) is 3.96. The standard InChI is InChI=1S/C18H23N3O2S/c22-24(23)9-6-17(13-24)21-12-15(11-20-21)10-19-14-18(7-8-18)16-4-2-1-3-5-16/h1-5,11-12,17,19H,6-10,13-14H2/t17-/m1/s1. The zero-order valence-corrected chi connectivity index (χ0v) is 14.5. The molecule has 128 valence electrons. The molecule has 2 aromatic rings. The summed E-state index contributed by atoms with van der Waals surface area (Å²) in [5.74, 6) is 0.503. The Bertz CT molecular complexity index is 810. The van der Waals surface area contributed by atoms with Crippen LogP contribution in [-0.4, -0.2) is 36.2 Å². The maximum Gasteiger partial charge on any atom is 0.152 e. The van der Waals surface area contributed by atoms with Gasteiger partial charge in [0.1, 0.15) is 0 Å². The van der Waals surface area contributed by atoms with E-state index in [1.54, 1.807) is 0 Å². The van der Waals surface area contributed by atoms with E-state index >= 15 is 0 Å². The van der Waals surface area contributed by atoms with Gasteiger partial charge in [0.15, 0.2) is 9.84 Å². The fourth-order valence-electron chi connectivity index (χ4n) is 3.61. The van der Waals surface area contributed by atoms with Gasteiger partial charge in [-0.2, -0.15) is 5.10 Å². The van der Waals surface area contributed by atoms with Crippen LogP contribution in [0.2, 0.25) is 0 Å². The van der Waals surface area contributed by atoms with Crippen molar-refractivity contribution in [2.45, 2.75) is 37.3 Å². The molecule has 1 aliphatic heterocycles. The van der Waals surface area contributed by atoms with Gasteiger partial charge in [0.05, 0.1) is 23.7 Å². The Morgan fingerprint density at radius 1 is 1.25 bits per heavy atom. The first-order valence-corrected chi connectivity index (χ1v) is 10.4. The maximum absolute atomic E-state index is 11.6. The minimum atomic E-state index is -2.87. The predicted octanol–water partition coefficient (Wildman–Crippen LogP) is 2.06. The molecule has 24 heavy (non-hydrogen) atoms. The largest absolute Gasteiger partial charge is 0.312 e. The van der Waals surface area contributed by atoms with Crippen molar-refractivity contribution in [2.24, 2.45) is 0 Å². The molecule has 0 spiro atoms. The van der Waals surface area contributed by atoms with Gasteiger partial charge in [0.25, 0.3) is 0 Å². The van der Waals surface area contributed by atoms with Gasteiger partial charge in [-0.05, 0) is 24.8 Å². The van der Waals surface area contributed by atoms with Gasteiger partial charge in [-0.3, -0.25) is 4.68 Å². The second-order valence-corrected chi connectivity index (χ2v) is 9.36. The number of aromatic nitrogens is 2. The van der Waals surface area contributed by atoms with Crippen LogP contribution in [0.5, 0.6) is 0 Å². The summed E-state index contributed by atoms with van der Waals surface area (Å²) in [7, 11) is -2.87. The first kappa shape index (κ1) is 15.8. The average Bonchev–Trinajstić information content (AvgIpc) is 3.05. The Labute approximate surface area is 143 Å². The van der Waals surface area contributed by atoms with Crippen molar-refractivity contribution in [1.29, 1.82) is 0 Å². The van der Waals surface area contributed by atoms with Crippen molar-refractivity contribution >= 4 is 9.84 Å². The molecular formula is C18H23N3O2S. The highest BCUT2D eigenvalue weighted by Crippen LogP contribution is 2.47. The molecule has 1 aliphatic carbocycles. The number of nitrogens with one attached hydrogen (secondary N) is 1. The van der Waals surface area contributed by atoms with Crippen molar-refractivity contribution in [1.82, 2.24) is 15.1 Å². The van der Waals surface area contributed by atoms with E-state index in [1.807, 2.05) is 17.1 Å². The van der Waals surface area contributed by atoms with Crippen molar-refractivity contribution in [3.8, 4) is 0 Å². The average molecular weight is 345 g/mol. The zero-order valence-electron chi connectivity index (χ0n) is 13.7. The zero-order chi connectivity index (χ0) is 16.6. The lowest BCUT2D eigenvalue weighted by Gasteiger charge is -2.16. The van der Waals surface area contributed by atoms with Crippen LogP contribution in [0, 0.1) is 0 Å². The van der Waals surface area contributed by atoms with E-state index in [0.29, 0.717) is 11.8 Å². The van der Waals surface area contributed by atoms with E-state index < -0.39 is 9.84 Å². The van der Waals surface area contributed by atoms with Crippen LogP contribution in [-0.2, 0) is 21.8 Å². The first-order chi connectivity index (χ1) is 11.6. The molecule has 1 saturated heterocycles. The molecule has 2 fully saturated rings. The highest BCUT2D eigenvalue weighted by atomic mass is 32.2. The Hall–Kier alpha value is -1.66. The van der Waals surface area contributed by atoms with Crippen LogP contribution < -0.4 is 5.32 Å². The van der Waals surface area contributed by atoms with E-state index in [0.717, 1.165) is 18.7 Å². The number of nitrogens with zero attached hydrogens (tertiary/aromatic N) is 2. The predicted molar refractivity (Wildman–Crippen MR) is 93.6 cm³/mol. The van der Waals surface area contributed by atoms with Gasteiger partial charge >= 0.3 is 0 Å². The summed E-state index contributed by atoms with van der Waals surface area (Å²) in [6, 6.07) is 10.7. The quantitative estimate of drug-likeness (QED) is 0.870. The van der Waals surface area contributed by atoms with Gasteiger partial charge in [-0.25, -0.2) is 8.42 Å². The van der Waals surface area contributed by atoms with E-state index in [-0.39, 0.29) is 17.5 Å². The Balaban J connectivity index is 1.33. The monoisotopic (exact) mass is 345 g/mol. The van der Waals surface area contributed by atoms with E-state index in [1.165, 1.54) is 18.4 Å². The van der Waals surface area contributed by atoms with E-state index in [2.05, 4.69) is 40.7 Å². The topological polar surface area (TPSA) is 64.0 Å². The molecule has 2 aliphatic rings. The summed E-state index contributed by atoms with van der Waals surface area (Å²) < 4.78 is 25.0. The lowest BCUT2D eigenvalue weighted by atomic mass is 9.96. The SMILES string of the molecule is O=S1(=O)CC[C@@H](n2cc(CNCC3(c4ccccc4)CC3)cn2)C1. The summed E-state index contributed by atoms with van der Waals surface area (Å²) in [5.41, 5.74) is 2.84. The van der Waals surface area contributed by atoms with Crippen molar-refractivity contribution < 1.29 is 8.42 Å². The smallest absolute Gasteiger partial charge is 0.152 e. The fraction of sp³-hybridized carbons (Fsp3) is 0.500. The normalized spacial score (nSPS) is 24.1. The highest BCUT2D eigenvalue weighted by Gasteiger charge is 2.43. The lowest BCUT2D eigenvalue weighted by Crippen LogP contribution is -2.26. The van der Waals surface area contributed by atoms with Gasteiger partial charge in [-0.15, -0.1) is 0 Å². The van der Waals surface area contributed by atoms with E-state index in [4.69, 9.17) is 0 Å². The van der Waals surface area contributed by atoms with E-state index in [9.17, 15) is 8.42 Å². The second kappa shape index (κ2) is 6.01. The molecule has 0 amide bonds. The molecule has 0 unspecified atom stereocenters. The lowest BCUT2D eigenvalue weighted by molar-refractivity contribution is 0.498. The maximum atomic E-state index is 11.6. The molecule has 6 heteroatoms. The summed E-state index contributed by atoms with van der Waals surface area (Å²) in [6.07, 6.45) is 6.99. The van der Waals surface area contributed by atoms with Gasteiger partial charge in [0, 0.05) is 30.3 Å². The minimum Gasteiger partial charge on any atom is -0.312 e.